The van der Waals surface area contributed by atoms with Gasteiger partial charge in [0.25, 0.3) is 0 Å². The van der Waals surface area contributed by atoms with Crippen molar-refractivity contribution in [1.29, 1.82) is 0 Å². The van der Waals surface area contributed by atoms with Gasteiger partial charge in [-0.2, -0.15) is 0 Å². The minimum absolute atomic E-state index is 0.0767. The van der Waals surface area contributed by atoms with Gasteiger partial charge in [0.15, 0.2) is 0 Å². The summed E-state index contributed by atoms with van der Waals surface area (Å²) in [6.45, 7) is 2.18. The van der Waals surface area contributed by atoms with E-state index in [1.54, 1.807) is 36.4 Å². The number of cyclic esters (lactones) is 1. The molecule has 166 valence electrons. The van der Waals surface area contributed by atoms with E-state index >= 15 is 0 Å². The van der Waals surface area contributed by atoms with Crippen LogP contribution in [0, 0.1) is 0 Å². The SMILES string of the molecule is CCOc1ccccc1[C@H]1NC(=O)N(CC(=O)NCc2ccccc2Cl)C2=C1C(=O)OC2. The molecule has 2 aromatic rings. The molecule has 0 aliphatic carbocycles. The Morgan fingerprint density at radius 2 is 1.97 bits per heavy atom. The summed E-state index contributed by atoms with van der Waals surface area (Å²) in [6, 6.07) is 13.1. The van der Waals surface area contributed by atoms with Crippen molar-refractivity contribution in [3.05, 3.63) is 76.0 Å². The van der Waals surface area contributed by atoms with E-state index in [4.69, 9.17) is 21.1 Å². The Labute approximate surface area is 190 Å². The molecule has 4 rings (SSSR count). The fraction of sp³-hybridized carbons (Fsp3) is 0.261. The first-order valence-electron chi connectivity index (χ1n) is 10.2. The molecule has 1 atom stereocenters. The molecule has 0 aromatic heterocycles. The predicted octanol–water partition coefficient (Wildman–Crippen LogP) is 2.93. The summed E-state index contributed by atoms with van der Waals surface area (Å²) in [7, 11) is 0. The van der Waals surface area contributed by atoms with Gasteiger partial charge in [0, 0.05) is 17.1 Å². The number of urea groups is 1. The normalized spacial score (nSPS) is 17.6. The molecule has 2 aliphatic heterocycles. The molecule has 0 bridgehead atoms. The van der Waals surface area contributed by atoms with Crippen LogP contribution >= 0.6 is 11.6 Å². The van der Waals surface area contributed by atoms with Gasteiger partial charge in [0.1, 0.15) is 18.9 Å². The van der Waals surface area contributed by atoms with Crippen molar-refractivity contribution in [2.75, 3.05) is 19.8 Å². The van der Waals surface area contributed by atoms with Gasteiger partial charge in [0.05, 0.1) is 23.9 Å². The first kappa shape index (κ1) is 21.7. The van der Waals surface area contributed by atoms with Crippen molar-refractivity contribution >= 4 is 29.5 Å². The number of carbonyl (C=O) groups is 3. The van der Waals surface area contributed by atoms with Gasteiger partial charge < -0.3 is 20.1 Å². The molecule has 0 unspecified atom stereocenters. The molecule has 2 aliphatic rings. The fourth-order valence-electron chi connectivity index (χ4n) is 3.75. The van der Waals surface area contributed by atoms with Gasteiger partial charge in [0.2, 0.25) is 5.91 Å². The van der Waals surface area contributed by atoms with Crippen LogP contribution in [0.3, 0.4) is 0 Å². The number of amides is 3. The van der Waals surface area contributed by atoms with E-state index in [1.165, 1.54) is 4.90 Å². The highest BCUT2D eigenvalue weighted by molar-refractivity contribution is 6.31. The molecule has 0 saturated heterocycles. The molecule has 0 radical (unpaired) electrons. The third-order valence-corrected chi connectivity index (χ3v) is 5.63. The highest BCUT2D eigenvalue weighted by Gasteiger charge is 2.43. The lowest BCUT2D eigenvalue weighted by Gasteiger charge is -2.33. The van der Waals surface area contributed by atoms with Gasteiger partial charge in [-0.05, 0) is 24.6 Å². The third-order valence-electron chi connectivity index (χ3n) is 5.26. The van der Waals surface area contributed by atoms with E-state index in [0.29, 0.717) is 34.2 Å². The quantitative estimate of drug-likeness (QED) is 0.626. The van der Waals surface area contributed by atoms with E-state index in [0.717, 1.165) is 5.56 Å². The number of esters is 1. The second-order valence-electron chi connectivity index (χ2n) is 7.24. The number of hydrogen-bond donors (Lipinski definition) is 2. The Morgan fingerprint density at radius 1 is 1.22 bits per heavy atom. The van der Waals surface area contributed by atoms with E-state index in [2.05, 4.69) is 10.6 Å². The number of carbonyl (C=O) groups excluding carboxylic acids is 3. The maximum Gasteiger partial charge on any atom is 0.338 e. The highest BCUT2D eigenvalue weighted by Crippen LogP contribution is 2.38. The van der Waals surface area contributed by atoms with Gasteiger partial charge in [-0.1, -0.05) is 48.0 Å². The van der Waals surface area contributed by atoms with Crippen LogP contribution in [-0.4, -0.2) is 42.6 Å². The average Bonchev–Trinajstić information content (AvgIpc) is 3.17. The molecule has 32 heavy (non-hydrogen) atoms. The van der Waals surface area contributed by atoms with Crippen molar-refractivity contribution in [2.45, 2.75) is 19.5 Å². The van der Waals surface area contributed by atoms with Crippen LogP contribution in [-0.2, 0) is 20.9 Å². The smallest absolute Gasteiger partial charge is 0.338 e. The lowest BCUT2D eigenvalue weighted by Crippen LogP contribution is -2.50. The Kier molecular flexibility index (Phi) is 6.32. The number of nitrogens with one attached hydrogen (secondary N) is 2. The van der Waals surface area contributed by atoms with Crippen LogP contribution in [0.5, 0.6) is 5.75 Å². The maximum absolute atomic E-state index is 12.9. The summed E-state index contributed by atoms with van der Waals surface area (Å²) in [6.07, 6.45) is 0. The zero-order chi connectivity index (χ0) is 22.7. The number of benzene rings is 2. The van der Waals surface area contributed by atoms with Crippen LogP contribution < -0.4 is 15.4 Å². The molecule has 0 fully saturated rings. The number of ether oxygens (including phenoxy) is 2. The van der Waals surface area contributed by atoms with E-state index in [9.17, 15) is 14.4 Å². The zero-order valence-corrected chi connectivity index (χ0v) is 18.1. The second-order valence-corrected chi connectivity index (χ2v) is 7.65. The molecule has 8 nitrogen and oxygen atoms in total. The fourth-order valence-corrected chi connectivity index (χ4v) is 3.96. The third kappa shape index (κ3) is 4.27. The largest absolute Gasteiger partial charge is 0.494 e. The summed E-state index contributed by atoms with van der Waals surface area (Å²) >= 11 is 6.12. The molecular formula is C23H22ClN3O5. The van der Waals surface area contributed by atoms with E-state index in [1.807, 2.05) is 19.1 Å². The van der Waals surface area contributed by atoms with Crippen LogP contribution in [0.4, 0.5) is 4.79 Å². The minimum atomic E-state index is -0.724. The second kappa shape index (κ2) is 9.32. The molecular weight excluding hydrogens is 434 g/mol. The van der Waals surface area contributed by atoms with Crippen LogP contribution in [0.15, 0.2) is 59.8 Å². The van der Waals surface area contributed by atoms with Gasteiger partial charge in [-0.15, -0.1) is 0 Å². The molecule has 0 spiro atoms. The molecule has 2 N–H and O–H groups in total. The zero-order valence-electron chi connectivity index (χ0n) is 17.4. The van der Waals surface area contributed by atoms with Crippen LogP contribution in [0.2, 0.25) is 5.02 Å². The van der Waals surface area contributed by atoms with E-state index in [-0.39, 0.29) is 25.6 Å². The Morgan fingerprint density at radius 3 is 2.75 bits per heavy atom. The number of hydrogen-bond acceptors (Lipinski definition) is 5. The van der Waals surface area contributed by atoms with Crippen LogP contribution in [0.25, 0.3) is 0 Å². The standard InChI is InChI=1S/C23H22ClN3O5/c1-2-31-18-10-6-4-8-15(18)21-20-17(13-32-22(20)29)27(23(30)26-21)12-19(28)25-11-14-7-3-5-9-16(14)24/h3-10,21H,2,11-13H2,1H3,(H,25,28)(H,26,30)/t21-/m1/s1. The molecule has 0 saturated carbocycles. The first-order valence-corrected chi connectivity index (χ1v) is 10.6. The average molecular weight is 456 g/mol. The number of halogens is 1. The Hall–Kier alpha value is -3.52. The molecule has 2 aromatic carbocycles. The molecule has 9 heteroatoms. The Bertz CT molecular complexity index is 1100. The van der Waals surface area contributed by atoms with Crippen molar-refractivity contribution < 1.29 is 23.9 Å². The Balaban J connectivity index is 1.56. The molecule has 3 amide bonds. The van der Waals surface area contributed by atoms with Gasteiger partial charge >= 0.3 is 12.0 Å². The number of nitrogens with zero attached hydrogens (tertiary/aromatic N) is 1. The summed E-state index contributed by atoms with van der Waals surface area (Å²) in [4.78, 5) is 39.3. The number of rotatable bonds is 7. The highest BCUT2D eigenvalue weighted by atomic mass is 35.5. The first-order chi connectivity index (χ1) is 15.5. The maximum atomic E-state index is 12.9. The summed E-state index contributed by atoms with van der Waals surface area (Å²) in [5, 5.41) is 6.11. The lowest BCUT2D eigenvalue weighted by molar-refractivity contribution is -0.136. The van der Waals surface area contributed by atoms with Gasteiger partial charge in [-0.25, -0.2) is 9.59 Å². The number of para-hydroxylation sites is 1. The van der Waals surface area contributed by atoms with Crippen molar-refractivity contribution in [3.63, 3.8) is 0 Å². The van der Waals surface area contributed by atoms with Crippen molar-refractivity contribution in [2.24, 2.45) is 0 Å². The van der Waals surface area contributed by atoms with E-state index < -0.39 is 18.0 Å². The summed E-state index contributed by atoms with van der Waals surface area (Å²) in [5.74, 6) is -0.352. The predicted molar refractivity (Wildman–Crippen MR) is 117 cm³/mol. The van der Waals surface area contributed by atoms with Crippen molar-refractivity contribution in [1.82, 2.24) is 15.5 Å². The lowest BCUT2D eigenvalue weighted by atomic mass is 9.95. The van der Waals surface area contributed by atoms with Gasteiger partial charge in [-0.3, -0.25) is 9.69 Å². The summed E-state index contributed by atoms with van der Waals surface area (Å²) < 4.78 is 10.9. The van der Waals surface area contributed by atoms with Crippen molar-refractivity contribution in [3.8, 4) is 5.75 Å². The minimum Gasteiger partial charge on any atom is -0.494 e. The topological polar surface area (TPSA) is 97.0 Å². The van der Waals surface area contributed by atoms with Crippen LogP contribution in [0.1, 0.15) is 24.1 Å². The monoisotopic (exact) mass is 455 g/mol. The molecule has 2 heterocycles. The summed E-state index contributed by atoms with van der Waals surface area (Å²) in [5.41, 5.74) is 2.09.